The van der Waals surface area contributed by atoms with Crippen molar-refractivity contribution in [2.45, 2.75) is 65.5 Å². The molecule has 0 fully saturated rings. The largest absolute Gasteiger partial charge is 0.147 e. The molecule has 1 aromatic rings. The molecule has 0 nitrogen and oxygen atoms in total. The maximum absolute atomic E-state index is 6.47. The number of hydrogen-bond acceptors (Lipinski definition) is 0. The van der Waals surface area contributed by atoms with E-state index in [9.17, 15) is 0 Å². The number of benzene rings is 1. The molecule has 142 valence electrons. The van der Waals surface area contributed by atoms with Crippen molar-refractivity contribution >= 4 is 55.3 Å². The number of unbranched alkanes of at least 4 members (excludes halogenated alkanes) is 3. The minimum atomic E-state index is -0.937. The van der Waals surface area contributed by atoms with Gasteiger partial charge in [-0.15, -0.1) is 24.8 Å². The van der Waals surface area contributed by atoms with E-state index in [1.165, 1.54) is 68.7 Å². The Bertz CT molecular complexity index is 416. The van der Waals surface area contributed by atoms with Gasteiger partial charge < -0.3 is 0 Å². The number of hydrogen-bond donors (Lipinski definition) is 0. The molecule has 0 aliphatic rings. The van der Waals surface area contributed by atoms with Crippen LogP contribution in [0.5, 0.6) is 0 Å². The lowest BCUT2D eigenvalue weighted by Crippen LogP contribution is -2.12. The van der Waals surface area contributed by atoms with Crippen LogP contribution in [0.1, 0.15) is 64.9 Å². The molecule has 0 saturated heterocycles. The summed E-state index contributed by atoms with van der Waals surface area (Å²) in [5.41, 5.74) is 1.32. The van der Waals surface area contributed by atoms with Crippen LogP contribution in [0.3, 0.4) is 0 Å². The molecule has 0 aliphatic carbocycles. The van der Waals surface area contributed by atoms with Gasteiger partial charge in [0.2, 0.25) is 0 Å². The highest BCUT2D eigenvalue weighted by atomic mass is 35.5. The average molecular weight is 435 g/mol. The van der Waals surface area contributed by atoms with E-state index >= 15 is 0 Å². The topological polar surface area (TPSA) is 0 Å². The first-order valence-electron chi connectivity index (χ1n) is 8.86. The minimum Gasteiger partial charge on any atom is -0.147 e. The summed E-state index contributed by atoms with van der Waals surface area (Å²) >= 11 is 12.5. The first-order chi connectivity index (χ1) is 10.6. The fourth-order valence-electron chi connectivity index (χ4n) is 3.06. The summed E-state index contributed by atoms with van der Waals surface area (Å²) in [7, 11) is -0.937. The van der Waals surface area contributed by atoms with E-state index in [2.05, 4.69) is 26.8 Å². The molecule has 0 amide bonds. The van der Waals surface area contributed by atoms with Gasteiger partial charge in [0.1, 0.15) is 0 Å². The molecule has 0 N–H and O–H groups in total. The second kappa shape index (κ2) is 14.9. The molecule has 5 heteroatoms. The van der Waals surface area contributed by atoms with E-state index in [0.717, 1.165) is 10.0 Å². The molecule has 24 heavy (non-hydrogen) atoms. The standard InChI is InChI=1S/C19H32Cl2P.2ClH/c1-4-7-12-22(13-8-5-2,14-9-6-3)16-17-10-11-18(20)15-19(17)21;;/h10-11,15H,4-9,12-14,16H2,1-3H3;2*1H/q+1;;. The Morgan fingerprint density at radius 3 is 1.62 bits per heavy atom. The summed E-state index contributed by atoms with van der Waals surface area (Å²) in [6.07, 6.45) is 13.5. The minimum absolute atomic E-state index is 0. The lowest BCUT2D eigenvalue weighted by atomic mass is 10.2. The average Bonchev–Trinajstić information content (AvgIpc) is 2.51. The molecule has 0 bridgehead atoms. The Morgan fingerprint density at radius 2 is 1.25 bits per heavy atom. The van der Waals surface area contributed by atoms with Gasteiger partial charge in [-0.3, -0.25) is 0 Å². The molecular weight excluding hydrogens is 401 g/mol. The Labute approximate surface area is 172 Å². The molecule has 0 aromatic heterocycles. The van der Waals surface area contributed by atoms with Crippen molar-refractivity contribution in [1.82, 2.24) is 0 Å². The van der Waals surface area contributed by atoms with E-state index in [1.54, 1.807) is 0 Å². The Balaban J connectivity index is 0. The van der Waals surface area contributed by atoms with Crippen molar-refractivity contribution in [2.24, 2.45) is 0 Å². The van der Waals surface area contributed by atoms with Gasteiger partial charge in [0.15, 0.2) is 0 Å². The summed E-state index contributed by atoms with van der Waals surface area (Å²) in [6, 6.07) is 6.06. The van der Waals surface area contributed by atoms with E-state index in [-0.39, 0.29) is 24.8 Å². The third-order valence-electron chi connectivity index (χ3n) is 4.48. The monoisotopic (exact) mass is 433 g/mol. The molecule has 0 aliphatic heterocycles. The van der Waals surface area contributed by atoms with Crippen molar-refractivity contribution in [3.8, 4) is 0 Å². The van der Waals surface area contributed by atoms with Crippen molar-refractivity contribution in [2.75, 3.05) is 18.5 Å². The predicted molar refractivity (Wildman–Crippen MR) is 121 cm³/mol. The Kier molecular flexibility index (Phi) is 16.8. The van der Waals surface area contributed by atoms with E-state index < -0.39 is 7.26 Å². The van der Waals surface area contributed by atoms with Gasteiger partial charge in [-0.25, -0.2) is 0 Å². The van der Waals surface area contributed by atoms with Gasteiger partial charge in [0, 0.05) is 22.9 Å². The SMILES string of the molecule is CCCC[P+](CCCC)(CCCC)Cc1ccc(Cl)cc1Cl.Cl.Cl. The maximum atomic E-state index is 6.47. The Hall–Kier alpha value is 0.810. The summed E-state index contributed by atoms with van der Waals surface area (Å²) in [6.45, 7) is 6.93. The van der Waals surface area contributed by atoms with Crippen LogP contribution in [0, 0.1) is 0 Å². The molecule has 0 heterocycles. The molecule has 0 unspecified atom stereocenters. The predicted octanol–water partition coefficient (Wildman–Crippen LogP) is 8.75. The van der Waals surface area contributed by atoms with Gasteiger partial charge in [0.05, 0.1) is 24.6 Å². The Morgan fingerprint density at radius 1 is 0.792 bits per heavy atom. The van der Waals surface area contributed by atoms with Crippen molar-refractivity contribution in [3.05, 3.63) is 33.8 Å². The summed E-state index contributed by atoms with van der Waals surface area (Å²) < 4.78 is 0. The van der Waals surface area contributed by atoms with Crippen molar-refractivity contribution < 1.29 is 0 Å². The number of halogens is 4. The summed E-state index contributed by atoms with van der Waals surface area (Å²) in [4.78, 5) is 0. The van der Waals surface area contributed by atoms with Crippen LogP contribution in [0.25, 0.3) is 0 Å². The number of rotatable bonds is 11. The van der Waals surface area contributed by atoms with Crippen LogP contribution >= 0.6 is 55.3 Å². The second-order valence-corrected chi connectivity index (χ2v) is 11.7. The molecule has 1 rings (SSSR count). The summed E-state index contributed by atoms with van der Waals surface area (Å²) in [5.74, 6) is 0. The third-order valence-corrected chi connectivity index (χ3v) is 9.87. The maximum Gasteiger partial charge on any atom is 0.0857 e. The second-order valence-electron chi connectivity index (χ2n) is 6.47. The lowest BCUT2D eigenvalue weighted by molar-refractivity contribution is 0.832. The van der Waals surface area contributed by atoms with Gasteiger partial charge in [0.25, 0.3) is 0 Å². The van der Waals surface area contributed by atoms with Gasteiger partial charge >= 0.3 is 0 Å². The fourth-order valence-corrected chi connectivity index (χ4v) is 8.74. The highest BCUT2D eigenvalue weighted by Crippen LogP contribution is 2.63. The zero-order valence-electron chi connectivity index (χ0n) is 15.3. The van der Waals surface area contributed by atoms with Gasteiger partial charge in [-0.05, 0) is 31.4 Å². The smallest absolute Gasteiger partial charge is 0.0857 e. The van der Waals surface area contributed by atoms with Crippen LogP contribution in [-0.2, 0) is 6.16 Å². The van der Waals surface area contributed by atoms with Crippen molar-refractivity contribution in [3.63, 3.8) is 0 Å². The first kappa shape index (κ1) is 27.0. The normalized spacial score (nSPS) is 10.9. The van der Waals surface area contributed by atoms with Crippen LogP contribution < -0.4 is 0 Å². The highest BCUT2D eigenvalue weighted by molar-refractivity contribution is 7.75. The van der Waals surface area contributed by atoms with Crippen LogP contribution in [0.15, 0.2) is 18.2 Å². The molecule has 0 saturated carbocycles. The highest BCUT2D eigenvalue weighted by Gasteiger charge is 2.36. The van der Waals surface area contributed by atoms with Crippen LogP contribution in [0.2, 0.25) is 10.0 Å². The van der Waals surface area contributed by atoms with Gasteiger partial charge in [-0.2, -0.15) is 0 Å². The first-order valence-corrected chi connectivity index (χ1v) is 12.1. The fraction of sp³-hybridized carbons (Fsp3) is 0.684. The zero-order valence-corrected chi connectivity index (χ0v) is 19.4. The molecular formula is C19H34Cl4P+. The molecule has 0 spiro atoms. The molecule has 1 aromatic carbocycles. The third kappa shape index (κ3) is 9.49. The van der Waals surface area contributed by atoms with Gasteiger partial charge in [-0.1, -0.05) is 69.3 Å². The zero-order chi connectivity index (χ0) is 16.4. The molecule has 0 atom stereocenters. The van der Waals surface area contributed by atoms with Crippen LogP contribution in [-0.4, -0.2) is 18.5 Å². The van der Waals surface area contributed by atoms with Crippen LogP contribution in [0.4, 0.5) is 0 Å². The van der Waals surface area contributed by atoms with E-state index in [4.69, 9.17) is 23.2 Å². The quantitative estimate of drug-likeness (QED) is 0.305. The van der Waals surface area contributed by atoms with Crippen molar-refractivity contribution in [1.29, 1.82) is 0 Å². The summed E-state index contributed by atoms with van der Waals surface area (Å²) in [5, 5.41) is 1.61. The van der Waals surface area contributed by atoms with E-state index in [0.29, 0.717) is 0 Å². The van der Waals surface area contributed by atoms with E-state index in [1.807, 2.05) is 12.1 Å². The molecule has 0 radical (unpaired) electrons. The lowest BCUT2D eigenvalue weighted by Gasteiger charge is -2.28.